The summed E-state index contributed by atoms with van der Waals surface area (Å²) < 4.78 is 0. The Morgan fingerprint density at radius 2 is 1.70 bits per heavy atom. The van der Waals surface area contributed by atoms with Crippen molar-refractivity contribution in [1.29, 1.82) is 0 Å². The highest BCUT2D eigenvalue weighted by Crippen LogP contribution is 2.24. The van der Waals surface area contributed by atoms with E-state index in [0.717, 1.165) is 11.3 Å². The van der Waals surface area contributed by atoms with E-state index >= 15 is 0 Å². The molecule has 2 nitrogen and oxygen atoms in total. The van der Waals surface area contributed by atoms with Gasteiger partial charge in [0.1, 0.15) is 0 Å². The van der Waals surface area contributed by atoms with Gasteiger partial charge in [0, 0.05) is 21.5 Å². The van der Waals surface area contributed by atoms with Crippen molar-refractivity contribution in [1.82, 2.24) is 4.98 Å². The molecule has 0 aliphatic rings. The molecule has 2 aromatic carbocycles. The van der Waals surface area contributed by atoms with Crippen molar-refractivity contribution >= 4 is 28.7 Å². The highest BCUT2D eigenvalue weighted by Gasteiger charge is 2.13. The first kappa shape index (κ1) is 13.0. The Balaban J connectivity index is 1.91. The second-order valence-electron chi connectivity index (χ2n) is 4.24. The average molecular weight is 300 g/mol. The fourth-order valence-corrected chi connectivity index (χ4v) is 2.76. The van der Waals surface area contributed by atoms with Crippen LogP contribution in [-0.2, 0) is 0 Å². The van der Waals surface area contributed by atoms with Gasteiger partial charge in [-0.15, -0.1) is 11.3 Å². The largest absolute Gasteiger partial charge is 0.286 e. The van der Waals surface area contributed by atoms with Gasteiger partial charge in [-0.2, -0.15) is 0 Å². The summed E-state index contributed by atoms with van der Waals surface area (Å²) >= 11 is 7.22. The lowest BCUT2D eigenvalue weighted by Crippen LogP contribution is -1.99. The molecule has 0 aliphatic heterocycles. The van der Waals surface area contributed by atoms with Crippen LogP contribution in [0.4, 0.5) is 0 Å². The number of hydrogen-bond acceptors (Lipinski definition) is 3. The minimum Gasteiger partial charge on any atom is -0.286 e. The fraction of sp³-hybridized carbons (Fsp3) is 0. The van der Waals surface area contributed by atoms with Crippen LogP contribution in [0.15, 0.2) is 60.0 Å². The molecule has 4 heteroatoms. The van der Waals surface area contributed by atoms with Gasteiger partial charge in [0.15, 0.2) is 5.01 Å². The first-order valence-corrected chi connectivity index (χ1v) is 7.31. The smallest absolute Gasteiger partial charge is 0.221 e. The van der Waals surface area contributed by atoms with Crippen LogP contribution in [0.1, 0.15) is 15.4 Å². The Labute approximate surface area is 125 Å². The lowest BCUT2D eigenvalue weighted by molar-refractivity contribution is 0.103. The molecule has 0 saturated carbocycles. The number of halogens is 1. The maximum atomic E-state index is 12.3. The molecule has 0 spiro atoms. The topological polar surface area (TPSA) is 30.0 Å². The fourth-order valence-electron chi connectivity index (χ4n) is 1.84. The molecule has 0 N–H and O–H groups in total. The first-order valence-electron chi connectivity index (χ1n) is 6.05. The summed E-state index contributed by atoms with van der Waals surface area (Å²) in [5.41, 5.74) is 2.41. The van der Waals surface area contributed by atoms with E-state index in [-0.39, 0.29) is 5.78 Å². The lowest BCUT2D eigenvalue weighted by atomic mass is 10.1. The second-order valence-corrected chi connectivity index (χ2v) is 5.53. The van der Waals surface area contributed by atoms with Gasteiger partial charge in [-0.05, 0) is 12.1 Å². The summed E-state index contributed by atoms with van der Waals surface area (Å²) in [6, 6.07) is 16.6. The van der Waals surface area contributed by atoms with Crippen LogP contribution in [0.2, 0.25) is 5.02 Å². The number of ketones is 1. The molecule has 3 aromatic rings. The molecule has 0 unspecified atom stereocenters. The number of thiazole rings is 1. The van der Waals surface area contributed by atoms with Crippen molar-refractivity contribution < 1.29 is 4.79 Å². The maximum absolute atomic E-state index is 12.3. The molecule has 0 bridgehead atoms. The van der Waals surface area contributed by atoms with Gasteiger partial charge in [0.05, 0.1) is 5.69 Å². The Morgan fingerprint density at radius 3 is 2.40 bits per heavy atom. The van der Waals surface area contributed by atoms with E-state index in [4.69, 9.17) is 11.6 Å². The molecule has 0 fully saturated rings. The van der Waals surface area contributed by atoms with Crippen molar-refractivity contribution in [2.75, 3.05) is 0 Å². The van der Waals surface area contributed by atoms with Crippen LogP contribution in [0.25, 0.3) is 11.3 Å². The number of carbonyl (C=O) groups is 1. The van der Waals surface area contributed by atoms with E-state index in [1.54, 1.807) is 12.1 Å². The number of benzene rings is 2. The number of carbonyl (C=O) groups excluding carboxylic acids is 1. The lowest BCUT2D eigenvalue weighted by Gasteiger charge is -1.97. The first-order chi connectivity index (χ1) is 9.74. The third-order valence-corrected chi connectivity index (χ3v) is 3.97. The van der Waals surface area contributed by atoms with Crippen molar-refractivity contribution in [3.8, 4) is 11.3 Å². The van der Waals surface area contributed by atoms with Crippen molar-refractivity contribution in [3.63, 3.8) is 0 Å². The van der Waals surface area contributed by atoms with Gasteiger partial charge >= 0.3 is 0 Å². The molecule has 0 saturated heterocycles. The molecule has 20 heavy (non-hydrogen) atoms. The number of aromatic nitrogens is 1. The Morgan fingerprint density at radius 1 is 1.00 bits per heavy atom. The number of nitrogens with zero attached hydrogens (tertiary/aromatic N) is 1. The van der Waals surface area contributed by atoms with Crippen LogP contribution >= 0.6 is 22.9 Å². The number of rotatable bonds is 3. The molecule has 0 aliphatic carbocycles. The normalized spacial score (nSPS) is 10.4. The van der Waals surface area contributed by atoms with Crippen molar-refractivity contribution in [3.05, 3.63) is 75.6 Å². The van der Waals surface area contributed by atoms with E-state index in [9.17, 15) is 4.79 Å². The molecule has 0 atom stereocenters. The minimum atomic E-state index is -0.0455. The Bertz CT molecular complexity index is 735. The van der Waals surface area contributed by atoms with E-state index < -0.39 is 0 Å². The van der Waals surface area contributed by atoms with E-state index in [1.165, 1.54) is 11.3 Å². The summed E-state index contributed by atoms with van der Waals surface area (Å²) in [5.74, 6) is -0.0455. The standard InChI is InChI=1S/C16H10ClNOS/c17-13-8-6-11(7-9-13)14-10-20-16(18-14)15(19)12-4-2-1-3-5-12/h1-10H. The predicted octanol–water partition coefficient (Wildman–Crippen LogP) is 4.69. The van der Waals surface area contributed by atoms with Crippen molar-refractivity contribution in [2.45, 2.75) is 0 Å². The highest BCUT2D eigenvalue weighted by molar-refractivity contribution is 7.12. The van der Waals surface area contributed by atoms with Crippen LogP contribution in [-0.4, -0.2) is 10.8 Å². The van der Waals surface area contributed by atoms with Crippen LogP contribution in [0.5, 0.6) is 0 Å². The van der Waals surface area contributed by atoms with Crippen LogP contribution in [0, 0.1) is 0 Å². The zero-order valence-corrected chi connectivity index (χ0v) is 12.0. The van der Waals surface area contributed by atoms with Gasteiger partial charge in [0.25, 0.3) is 0 Å². The summed E-state index contributed by atoms with van der Waals surface area (Å²) in [5, 5.41) is 3.07. The minimum absolute atomic E-state index is 0.0455. The van der Waals surface area contributed by atoms with E-state index in [1.807, 2.05) is 47.8 Å². The molecule has 98 valence electrons. The summed E-state index contributed by atoms with van der Waals surface area (Å²) in [7, 11) is 0. The molecule has 1 heterocycles. The number of hydrogen-bond donors (Lipinski definition) is 0. The van der Waals surface area contributed by atoms with Gasteiger partial charge in [-0.1, -0.05) is 54.1 Å². The zero-order chi connectivity index (χ0) is 13.9. The van der Waals surface area contributed by atoms with Gasteiger partial charge in [-0.3, -0.25) is 4.79 Å². The maximum Gasteiger partial charge on any atom is 0.221 e. The van der Waals surface area contributed by atoms with Crippen LogP contribution in [0.3, 0.4) is 0 Å². The Kier molecular flexibility index (Phi) is 3.63. The SMILES string of the molecule is O=C(c1ccccc1)c1nc(-c2ccc(Cl)cc2)cs1. The van der Waals surface area contributed by atoms with Gasteiger partial charge in [-0.25, -0.2) is 4.98 Å². The molecule has 1 aromatic heterocycles. The molecule has 3 rings (SSSR count). The molecular formula is C16H10ClNOS. The molecule has 0 amide bonds. The molecule has 0 radical (unpaired) electrons. The quantitative estimate of drug-likeness (QED) is 0.656. The van der Waals surface area contributed by atoms with E-state index in [2.05, 4.69) is 4.98 Å². The van der Waals surface area contributed by atoms with Crippen molar-refractivity contribution in [2.24, 2.45) is 0 Å². The third kappa shape index (κ3) is 2.64. The second kappa shape index (κ2) is 5.57. The van der Waals surface area contributed by atoms with Crippen LogP contribution < -0.4 is 0 Å². The van der Waals surface area contributed by atoms with Gasteiger partial charge in [0.2, 0.25) is 5.78 Å². The third-order valence-electron chi connectivity index (χ3n) is 2.87. The summed E-state index contributed by atoms with van der Waals surface area (Å²) in [6.45, 7) is 0. The highest BCUT2D eigenvalue weighted by atomic mass is 35.5. The molecular weight excluding hydrogens is 290 g/mol. The Hall–Kier alpha value is -1.97. The average Bonchev–Trinajstić information content (AvgIpc) is 2.98. The predicted molar refractivity (Wildman–Crippen MR) is 82.4 cm³/mol. The summed E-state index contributed by atoms with van der Waals surface area (Å²) in [4.78, 5) is 16.7. The van der Waals surface area contributed by atoms with E-state index in [0.29, 0.717) is 15.6 Å². The zero-order valence-electron chi connectivity index (χ0n) is 10.4. The summed E-state index contributed by atoms with van der Waals surface area (Å²) in [6.07, 6.45) is 0. The van der Waals surface area contributed by atoms with Gasteiger partial charge < -0.3 is 0 Å². The monoisotopic (exact) mass is 299 g/mol.